The van der Waals surface area contributed by atoms with E-state index in [0.29, 0.717) is 18.5 Å². The van der Waals surface area contributed by atoms with Gasteiger partial charge in [0.05, 0.1) is 6.33 Å². The fourth-order valence-electron chi connectivity index (χ4n) is 5.03. The Bertz CT molecular complexity index is 1550. The predicted molar refractivity (Wildman–Crippen MR) is 203 cm³/mol. The summed E-state index contributed by atoms with van der Waals surface area (Å²) in [7, 11) is 0. The smallest absolute Gasteiger partial charge is 0.408 e. The van der Waals surface area contributed by atoms with Crippen molar-refractivity contribution in [1.29, 1.82) is 0 Å². The fraction of sp³-hybridized carbons (Fsp3) is 0.615. The molecule has 1 aromatic carbocycles. The van der Waals surface area contributed by atoms with E-state index in [1.54, 1.807) is 75.4 Å². The summed E-state index contributed by atoms with van der Waals surface area (Å²) >= 11 is 0. The molecule has 0 aliphatic heterocycles. The maximum Gasteiger partial charge on any atom is 0.408 e. The van der Waals surface area contributed by atoms with Crippen LogP contribution in [0.25, 0.3) is 0 Å². The molecule has 0 saturated carbocycles. The number of hydrogen-bond acceptors (Lipinski definition) is 11. The molecule has 0 spiro atoms. The number of carbonyl (C=O) groups excluding carboxylic acids is 6. The van der Waals surface area contributed by atoms with Gasteiger partial charge in [0.2, 0.25) is 5.91 Å². The summed E-state index contributed by atoms with van der Waals surface area (Å²) in [4.78, 5) is 84.9. The second kappa shape index (κ2) is 21.1. The maximum atomic E-state index is 13.4. The van der Waals surface area contributed by atoms with Crippen molar-refractivity contribution < 1.29 is 47.7 Å². The van der Waals surface area contributed by atoms with Gasteiger partial charge in [0.1, 0.15) is 41.5 Å². The fourth-order valence-corrected chi connectivity index (χ4v) is 5.03. The molecule has 0 saturated heterocycles. The first-order valence-corrected chi connectivity index (χ1v) is 18.5. The van der Waals surface area contributed by atoms with Crippen LogP contribution in [0.1, 0.15) is 113 Å². The number of aromatic nitrogens is 2. The Morgan fingerprint density at radius 1 is 0.709 bits per heavy atom. The highest BCUT2D eigenvalue weighted by atomic mass is 16.6. The van der Waals surface area contributed by atoms with E-state index in [1.165, 1.54) is 6.33 Å². The Labute approximate surface area is 323 Å². The highest BCUT2D eigenvalue weighted by molar-refractivity contribution is 5.88. The number of rotatable bonds is 18. The van der Waals surface area contributed by atoms with Gasteiger partial charge in [-0.05, 0) is 100 Å². The lowest BCUT2D eigenvalue weighted by molar-refractivity contribution is -0.159. The first-order valence-electron chi connectivity index (χ1n) is 18.5. The number of alkyl carbamates (subject to hydrolysis) is 1. The first kappa shape index (κ1) is 46.0. The van der Waals surface area contributed by atoms with E-state index in [0.717, 1.165) is 5.56 Å². The average Bonchev–Trinajstić information content (AvgIpc) is 3.56. The number of imidazole rings is 1. The van der Waals surface area contributed by atoms with E-state index in [9.17, 15) is 28.8 Å². The topological polar surface area (TPSA) is 216 Å². The molecule has 1 unspecified atom stereocenters. The molecule has 16 heteroatoms. The second-order valence-electron chi connectivity index (χ2n) is 16.3. The number of ether oxygens (including phenoxy) is 4. The van der Waals surface area contributed by atoms with Crippen molar-refractivity contribution >= 4 is 35.9 Å². The lowest BCUT2D eigenvalue weighted by atomic mass is 10.0. The minimum Gasteiger partial charge on any atom is -0.460 e. The summed E-state index contributed by atoms with van der Waals surface area (Å²) < 4.78 is 21.7. The third-order valence-corrected chi connectivity index (χ3v) is 7.37. The number of H-pyrrole nitrogens is 1. The van der Waals surface area contributed by atoms with Gasteiger partial charge in [-0.2, -0.15) is 0 Å². The number of amides is 4. The summed E-state index contributed by atoms with van der Waals surface area (Å²) in [5.74, 6) is -2.46. The number of benzene rings is 1. The van der Waals surface area contributed by atoms with Crippen LogP contribution in [0.3, 0.4) is 0 Å². The molecule has 1 heterocycles. The zero-order valence-corrected chi connectivity index (χ0v) is 33.8. The Kier molecular flexibility index (Phi) is 17.6. The van der Waals surface area contributed by atoms with Crippen LogP contribution in [-0.4, -0.2) is 86.9 Å². The number of aromatic amines is 1. The molecular formula is C39H60N6O10. The maximum absolute atomic E-state index is 13.4. The van der Waals surface area contributed by atoms with E-state index >= 15 is 0 Å². The summed E-state index contributed by atoms with van der Waals surface area (Å²) in [5.41, 5.74) is -1.05. The quantitative estimate of drug-likeness (QED) is 0.103. The SMILES string of the molecule is CC(CCC[C@H](NC(=O)N[C@@H](CCC(=O)OC(C)(C)C)C(=O)OC(C)(C)C)C(=O)OC(C)(C)C)NC(=O)[C@@H](Cc1cnc[nH]1)NC(=O)OCc1ccccc1. The van der Waals surface area contributed by atoms with E-state index in [4.69, 9.17) is 18.9 Å². The lowest BCUT2D eigenvalue weighted by Crippen LogP contribution is -2.53. The Morgan fingerprint density at radius 2 is 1.27 bits per heavy atom. The molecule has 2 rings (SSSR count). The number of esters is 3. The molecule has 4 amide bonds. The molecule has 0 aliphatic rings. The van der Waals surface area contributed by atoms with Gasteiger partial charge in [0, 0.05) is 30.8 Å². The highest BCUT2D eigenvalue weighted by Crippen LogP contribution is 2.16. The van der Waals surface area contributed by atoms with Crippen LogP contribution in [0.4, 0.5) is 9.59 Å². The van der Waals surface area contributed by atoms with Gasteiger partial charge in [-0.1, -0.05) is 30.3 Å². The average molecular weight is 773 g/mol. The van der Waals surface area contributed by atoms with E-state index in [-0.39, 0.29) is 32.3 Å². The number of carbonyl (C=O) groups is 6. The van der Waals surface area contributed by atoms with Gasteiger partial charge >= 0.3 is 30.0 Å². The van der Waals surface area contributed by atoms with Gasteiger partial charge in [-0.3, -0.25) is 9.59 Å². The van der Waals surface area contributed by atoms with Crippen LogP contribution in [0.5, 0.6) is 0 Å². The Morgan fingerprint density at radius 3 is 1.80 bits per heavy atom. The predicted octanol–water partition coefficient (Wildman–Crippen LogP) is 4.76. The van der Waals surface area contributed by atoms with E-state index in [1.807, 2.05) is 30.3 Å². The number of urea groups is 1. The molecule has 0 radical (unpaired) electrons. The van der Waals surface area contributed by atoms with Crippen molar-refractivity contribution in [3.05, 3.63) is 54.1 Å². The van der Waals surface area contributed by atoms with Crippen LogP contribution < -0.4 is 21.3 Å². The van der Waals surface area contributed by atoms with Crippen molar-refractivity contribution in [2.45, 2.75) is 155 Å². The van der Waals surface area contributed by atoms with Crippen molar-refractivity contribution in [1.82, 2.24) is 31.2 Å². The molecule has 0 bridgehead atoms. The minimum absolute atomic E-state index is 0.0279. The van der Waals surface area contributed by atoms with Gasteiger partial charge in [0.25, 0.3) is 0 Å². The zero-order valence-electron chi connectivity index (χ0n) is 33.8. The Hall–Kier alpha value is -5.15. The monoisotopic (exact) mass is 772 g/mol. The molecular weight excluding hydrogens is 712 g/mol. The molecule has 55 heavy (non-hydrogen) atoms. The molecule has 4 atom stereocenters. The van der Waals surface area contributed by atoms with Crippen molar-refractivity contribution in [2.75, 3.05) is 0 Å². The summed E-state index contributed by atoms with van der Waals surface area (Å²) in [5, 5.41) is 10.7. The first-order chi connectivity index (χ1) is 25.5. The summed E-state index contributed by atoms with van der Waals surface area (Å²) in [6.45, 7) is 17.1. The van der Waals surface area contributed by atoms with E-state index < -0.39 is 76.9 Å². The number of nitrogens with zero attached hydrogens (tertiary/aromatic N) is 1. The normalized spacial score (nSPS) is 13.9. The third kappa shape index (κ3) is 20.2. The summed E-state index contributed by atoms with van der Waals surface area (Å²) in [6, 6.07) is 4.55. The summed E-state index contributed by atoms with van der Waals surface area (Å²) in [6.07, 6.45) is 2.98. The molecule has 0 aliphatic carbocycles. The van der Waals surface area contributed by atoms with Crippen molar-refractivity contribution in [2.24, 2.45) is 0 Å². The van der Waals surface area contributed by atoms with Gasteiger partial charge in [-0.25, -0.2) is 24.2 Å². The zero-order chi connectivity index (χ0) is 41.4. The second-order valence-corrected chi connectivity index (χ2v) is 16.3. The van der Waals surface area contributed by atoms with Crippen LogP contribution in [0, 0.1) is 0 Å². The molecule has 2 aromatic rings. The molecule has 0 fully saturated rings. The lowest BCUT2D eigenvalue weighted by Gasteiger charge is -2.27. The standard InChI is InChI=1S/C39H60N6O10/c1-25(42-32(47)30(21-27-22-40-24-41-27)45-36(51)52-23-26-16-12-11-13-17-26)15-14-18-28(33(48)54-38(5,6)7)43-35(50)44-29(34(49)55-39(8,9)10)19-20-31(46)53-37(2,3)4/h11-13,16-17,22,24-25,28-30H,14-15,18-21,23H2,1-10H3,(H,40,41)(H,42,47)(H,45,51)(H2,43,44,50)/t25?,28-,29-,30+/m0/s1. The minimum atomic E-state index is -1.22. The third-order valence-electron chi connectivity index (χ3n) is 7.37. The highest BCUT2D eigenvalue weighted by Gasteiger charge is 2.32. The largest absolute Gasteiger partial charge is 0.460 e. The van der Waals surface area contributed by atoms with Crippen molar-refractivity contribution in [3.63, 3.8) is 0 Å². The van der Waals surface area contributed by atoms with E-state index in [2.05, 4.69) is 31.2 Å². The number of nitrogens with one attached hydrogen (secondary N) is 5. The van der Waals surface area contributed by atoms with Gasteiger partial charge in [-0.15, -0.1) is 0 Å². The number of hydrogen-bond donors (Lipinski definition) is 5. The van der Waals surface area contributed by atoms with Crippen molar-refractivity contribution in [3.8, 4) is 0 Å². The van der Waals surface area contributed by atoms with Gasteiger partial charge in [0.15, 0.2) is 0 Å². The molecule has 5 N–H and O–H groups in total. The molecule has 16 nitrogen and oxygen atoms in total. The van der Waals surface area contributed by atoms with Crippen LogP contribution in [0.15, 0.2) is 42.9 Å². The molecule has 306 valence electrons. The van der Waals surface area contributed by atoms with Crippen LogP contribution in [0.2, 0.25) is 0 Å². The molecule has 1 aromatic heterocycles. The van der Waals surface area contributed by atoms with Crippen LogP contribution in [-0.2, 0) is 51.2 Å². The van der Waals surface area contributed by atoms with Crippen LogP contribution >= 0.6 is 0 Å². The van der Waals surface area contributed by atoms with Gasteiger partial charge < -0.3 is 45.2 Å². The Balaban J connectivity index is 2.07.